The van der Waals surface area contributed by atoms with Crippen LogP contribution in [0.15, 0.2) is 0 Å². The highest BCUT2D eigenvalue weighted by atomic mass is 15.2. The molecule has 1 saturated heterocycles. The third kappa shape index (κ3) is 5.25. The average molecular weight is 255 g/mol. The van der Waals surface area contributed by atoms with Gasteiger partial charge in [-0.2, -0.15) is 0 Å². The number of rotatable bonds is 9. The molecule has 0 bridgehead atoms. The largest absolute Gasteiger partial charge is 0.329 e. The number of nitrogens with two attached hydrogens (primary N) is 1. The van der Waals surface area contributed by atoms with Crippen LogP contribution in [0.1, 0.15) is 51.9 Å². The summed E-state index contributed by atoms with van der Waals surface area (Å²) in [6.07, 6.45) is 9.36. The van der Waals surface area contributed by atoms with E-state index in [1.807, 2.05) is 0 Å². The van der Waals surface area contributed by atoms with E-state index in [9.17, 15) is 0 Å². The topological polar surface area (TPSA) is 32.5 Å². The molecule has 3 nitrogen and oxygen atoms in total. The Kier molecular flexibility index (Phi) is 7.87. The van der Waals surface area contributed by atoms with Gasteiger partial charge in [0.25, 0.3) is 0 Å². The highest BCUT2D eigenvalue weighted by Crippen LogP contribution is 2.17. The van der Waals surface area contributed by atoms with Gasteiger partial charge in [0.1, 0.15) is 0 Å². The summed E-state index contributed by atoms with van der Waals surface area (Å²) in [6.45, 7) is 5.52. The molecule has 3 heteroatoms. The monoisotopic (exact) mass is 255 g/mol. The highest BCUT2D eigenvalue weighted by Gasteiger charge is 2.24. The Labute approximate surface area is 114 Å². The van der Waals surface area contributed by atoms with Crippen LogP contribution in [0.25, 0.3) is 0 Å². The molecule has 18 heavy (non-hydrogen) atoms. The zero-order chi connectivity index (χ0) is 13.4. The summed E-state index contributed by atoms with van der Waals surface area (Å²) >= 11 is 0. The lowest BCUT2D eigenvalue weighted by Gasteiger charge is -2.31. The molecular formula is C15H33N3. The molecule has 0 aromatic rings. The molecule has 0 amide bonds. The van der Waals surface area contributed by atoms with Crippen molar-refractivity contribution in [3.05, 3.63) is 0 Å². The Bertz CT molecular complexity index is 208. The van der Waals surface area contributed by atoms with E-state index in [4.69, 9.17) is 5.73 Å². The lowest BCUT2D eigenvalue weighted by molar-refractivity contribution is 0.171. The third-order valence-electron chi connectivity index (χ3n) is 4.46. The molecule has 0 spiro atoms. The van der Waals surface area contributed by atoms with Crippen LogP contribution in [-0.4, -0.2) is 55.6 Å². The summed E-state index contributed by atoms with van der Waals surface area (Å²) in [7, 11) is 4.51. The molecule has 1 rings (SSSR count). The van der Waals surface area contributed by atoms with E-state index < -0.39 is 0 Å². The predicted molar refractivity (Wildman–Crippen MR) is 79.9 cm³/mol. The average Bonchev–Trinajstić information content (AvgIpc) is 2.75. The summed E-state index contributed by atoms with van der Waals surface area (Å²) in [5.41, 5.74) is 5.94. The Morgan fingerprint density at radius 3 is 2.67 bits per heavy atom. The quantitative estimate of drug-likeness (QED) is 0.642. The fourth-order valence-corrected chi connectivity index (χ4v) is 3.02. The van der Waals surface area contributed by atoms with Crippen molar-refractivity contribution < 1.29 is 0 Å². The van der Waals surface area contributed by atoms with Crippen LogP contribution in [0.3, 0.4) is 0 Å². The first-order valence-corrected chi connectivity index (χ1v) is 7.79. The van der Waals surface area contributed by atoms with Gasteiger partial charge in [-0.15, -0.1) is 0 Å². The second kappa shape index (κ2) is 8.89. The van der Waals surface area contributed by atoms with Crippen molar-refractivity contribution in [2.24, 2.45) is 5.73 Å². The fourth-order valence-electron chi connectivity index (χ4n) is 3.02. The van der Waals surface area contributed by atoms with E-state index in [0.29, 0.717) is 6.04 Å². The second-order valence-corrected chi connectivity index (χ2v) is 5.96. The first-order chi connectivity index (χ1) is 8.69. The van der Waals surface area contributed by atoms with Crippen molar-refractivity contribution in [1.29, 1.82) is 0 Å². The van der Waals surface area contributed by atoms with E-state index >= 15 is 0 Å². The predicted octanol–water partition coefficient (Wildman–Crippen LogP) is 2.31. The van der Waals surface area contributed by atoms with Crippen molar-refractivity contribution in [2.45, 2.75) is 64.0 Å². The normalized spacial score (nSPS) is 22.8. The van der Waals surface area contributed by atoms with Gasteiger partial charge < -0.3 is 15.5 Å². The zero-order valence-electron chi connectivity index (χ0n) is 12.7. The van der Waals surface area contributed by atoms with Gasteiger partial charge in [0.2, 0.25) is 0 Å². The van der Waals surface area contributed by atoms with Gasteiger partial charge in [-0.05, 0) is 39.9 Å². The van der Waals surface area contributed by atoms with Gasteiger partial charge in [-0.1, -0.05) is 32.6 Å². The van der Waals surface area contributed by atoms with Crippen molar-refractivity contribution in [1.82, 2.24) is 9.80 Å². The molecule has 0 aromatic carbocycles. The highest BCUT2D eigenvalue weighted by molar-refractivity contribution is 4.81. The minimum absolute atomic E-state index is 0.579. The number of unbranched alkanes of at least 4 members (excludes halogenated alkanes) is 3. The van der Waals surface area contributed by atoms with Crippen LogP contribution >= 0.6 is 0 Å². The number of likely N-dealkylation sites (N-methyl/N-ethyl adjacent to an activating group) is 2. The van der Waals surface area contributed by atoms with E-state index in [1.165, 1.54) is 58.0 Å². The van der Waals surface area contributed by atoms with Gasteiger partial charge >= 0.3 is 0 Å². The van der Waals surface area contributed by atoms with Gasteiger partial charge in [0.15, 0.2) is 0 Å². The Balaban J connectivity index is 2.25. The van der Waals surface area contributed by atoms with Crippen LogP contribution < -0.4 is 5.73 Å². The summed E-state index contributed by atoms with van der Waals surface area (Å²) < 4.78 is 0. The summed E-state index contributed by atoms with van der Waals surface area (Å²) in [6, 6.07) is 1.33. The second-order valence-electron chi connectivity index (χ2n) is 5.96. The minimum atomic E-state index is 0.579. The maximum Gasteiger partial charge on any atom is 0.0220 e. The molecular weight excluding hydrogens is 222 g/mol. The molecule has 1 fully saturated rings. The molecule has 1 heterocycles. The number of hydrogen-bond acceptors (Lipinski definition) is 3. The van der Waals surface area contributed by atoms with Crippen LogP contribution in [0.5, 0.6) is 0 Å². The van der Waals surface area contributed by atoms with E-state index in [-0.39, 0.29) is 0 Å². The molecule has 2 atom stereocenters. The van der Waals surface area contributed by atoms with E-state index in [2.05, 4.69) is 30.8 Å². The minimum Gasteiger partial charge on any atom is -0.329 e. The molecule has 2 unspecified atom stereocenters. The molecule has 108 valence electrons. The smallest absolute Gasteiger partial charge is 0.0220 e. The Hall–Kier alpha value is -0.120. The Morgan fingerprint density at radius 1 is 1.33 bits per heavy atom. The van der Waals surface area contributed by atoms with Crippen LogP contribution in [0.4, 0.5) is 0 Å². The van der Waals surface area contributed by atoms with Crippen molar-refractivity contribution in [2.75, 3.05) is 33.7 Å². The molecule has 2 N–H and O–H groups in total. The molecule has 1 aliphatic rings. The van der Waals surface area contributed by atoms with Crippen molar-refractivity contribution >= 4 is 0 Å². The summed E-state index contributed by atoms with van der Waals surface area (Å²) in [5, 5.41) is 0. The number of hydrogen-bond donors (Lipinski definition) is 1. The first-order valence-electron chi connectivity index (χ1n) is 7.79. The van der Waals surface area contributed by atoms with E-state index in [0.717, 1.165) is 12.6 Å². The maximum absolute atomic E-state index is 5.94. The maximum atomic E-state index is 5.94. The Morgan fingerprint density at radius 2 is 2.11 bits per heavy atom. The SMILES string of the molecule is CCCCCCC(CN)N(C)CC1CCCN1C. The van der Waals surface area contributed by atoms with Gasteiger partial charge in [-0.3, -0.25) is 0 Å². The summed E-state index contributed by atoms with van der Waals surface area (Å²) in [5.74, 6) is 0. The van der Waals surface area contributed by atoms with Crippen molar-refractivity contribution in [3.63, 3.8) is 0 Å². The first kappa shape index (κ1) is 15.9. The zero-order valence-corrected chi connectivity index (χ0v) is 12.7. The van der Waals surface area contributed by atoms with Crippen LogP contribution in [-0.2, 0) is 0 Å². The lowest BCUT2D eigenvalue weighted by Crippen LogP contribution is -2.44. The molecule has 0 radical (unpaired) electrons. The standard InChI is InChI=1S/C15H33N3/c1-4-5-6-7-9-14(12-16)18(3)13-15-10-8-11-17(15)2/h14-15H,4-13,16H2,1-3H3. The summed E-state index contributed by atoms with van der Waals surface area (Å²) in [4.78, 5) is 5.00. The number of nitrogens with zero attached hydrogens (tertiary/aromatic N) is 2. The molecule has 0 aromatic heterocycles. The van der Waals surface area contributed by atoms with Crippen LogP contribution in [0.2, 0.25) is 0 Å². The molecule has 0 saturated carbocycles. The third-order valence-corrected chi connectivity index (χ3v) is 4.46. The van der Waals surface area contributed by atoms with Gasteiger partial charge in [-0.25, -0.2) is 0 Å². The lowest BCUT2D eigenvalue weighted by atomic mass is 10.1. The van der Waals surface area contributed by atoms with Gasteiger partial charge in [0, 0.05) is 25.2 Å². The van der Waals surface area contributed by atoms with Crippen molar-refractivity contribution in [3.8, 4) is 0 Å². The number of likely N-dealkylation sites (tertiary alicyclic amines) is 1. The van der Waals surface area contributed by atoms with Gasteiger partial charge in [0.05, 0.1) is 0 Å². The molecule has 0 aliphatic carbocycles. The van der Waals surface area contributed by atoms with E-state index in [1.54, 1.807) is 0 Å². The fraction of sp³-hybridized carbons (Fsp3) is 1.00. The molecule has 1 aliphatic heterocycles. The van der Waals surface area contributed by atoms with Crippen LogP contribution in [0, 0.1) is 0 Å².